The number of thiophene rings is 1. The molecule has 3 nitrogen and oxygen atoms in total. The van der Waals surface area contributed by atoms with Gasteiger partial charge in [0.2, 0.25) is 0 Å². The van der Waals surface area contributed by atoms with Gasteiger partial charge in [0.1, 0.15) is 0 Å². The van der Waals surface area contributed by atoms with Crippen LogP contribution >= 0.6 is 11.3 Å². The molecule has 2 fully saturated rings. The monoisotopic (exact) mass is 530 g/mol. The molecule has 2 aliphatic heterocycles. The van der Waals surface area contributed by atoms with E-state index in [1.807, 2.05) is 4.90 Å². The molecule has 152 valence electrons. The Balaban J connectivity index is 0.00000150. The van der Waals surface area contributed by atoms with Crippen LogP contribution in [0.4, 0.5) is 0 Å². The summed E-state index contributed by atoms with van der Waals surface area (Å²) in [5.74, 6) is 0.910. The Kier molecular flexibility index (Phi) is 10.0. The number of amides is 1. The molecule has 5 heteroatoms. The first-order valence-corrected chi connectivity index (χ1v) is 11.0. The molecule has 1 aromatic heterocycles. The Bertz CT molecular complexity index is 833. The van der Waals surface area contributed by atoms with Gasteiger partial charge in [-0.15, -0.1) is 11.3 Å². The Morgan fingerprint density at radius 2 is 1.66 bits per heavy atom. The van der Waals surface area contributed by atoms with E-state index < -0.39 is 0 Å². The number of rotatable bonds is 3. The summed E-state index contributed by atoms with van der Waals surface area (Å²) in [5, 5.41) is 0. The summed E-state index contributed by atoms with van der Waals surface area (Å²) in [7, 11) is 2.21. The minimum absolute atomic E-state index is 0. The van der Waals surface area contributed by atoms with Crippen LogP contribution in [0, 0.1) is 21.3 Å². The fourth-order valence-electron chi connectivity index (χ4n) is 4.45. The predicted molar refractivity (Wildman–Crippen MR) is 120 cm³/mol. The second kappa shape index (κ2) is 11.3. The van der Waals surface area contributed by atoms with E-state index in [1.54, 1.807) is 11.3 Å². The van der Waals surface area contributed by atoms with Crippen LogP contribution < -0.4 is 68.9 Å². The number of carbonyl (C=O) groups is 1. The number of hydrogen-bond acceptors (Lipinski definition) is 3. The molecule has 0 spiro atoms. The molecule has 0 N–H and O–H groups in total. The number of hydrogen-bond donors (Lipinski definition) is 0. The Hall–Kier alpha value is 0.402. The van der Waals surface area contributed by atoms with Gasteiger partial charge in [0.05, 0.1) is 4.88 Å². The van der Waals surface area contributed by atoms with Crippen molar-refractivity contribution in [3.8, 4) is 10.4 Å². The SMILES string of the molecule is Cc1cc(C2CCN(C)CC2)ccc1-c1cc(C)c(C(=O)N2CCCC2)s1.[CH3-].[Cs+]. The van der Waals surface area contributed by atoms with E-state index in [9.17, 15) is 4.79 Å². The van der Waals surface area contributed by atoms with E-state index in [0.29, 0.717) is 5.92 Å². The van der Waals surface area contributed by atoms with Gasteiger partial charge in [0, 0.05) is 18.0 Å². The van der Waals surface area contributed by atoms with E-state index in [0.717, 1.165) is 36.4 Å². The number of likely N-dealkylation sites (tertiary alicyclic amines) is 2. The van der Waals surface area contributed by atoms with Crippen molar-refractivity contribution in [2.75, 3.05) is 33.2 Å². The molecule has 1 amide bonds. The average molecular weight is 531 g/mol. The van der Waals surface area contributed by atoms with Crippen molar-refractivity contribution in [2.24, 2.45) is 0 Å². The molecule has 0 bridgehead atoms. The Morgan fingerprint density at radius 3 is 2.28 bits per heavy atom. The molecule has 0 saturated carbocycles. The van der Waals surface area contributed by atoms with Gasteiger partial charge >= 0.3 is 68.9 Å². The first-order chi connectivity index (χ1) is 13.0. The molecule has 0 unspecified atom stereocenters. The number of aryl methyl sites for hydroxylation is 2. The maximum atomic E-state index is 12.8. The summed E-state index contributed by atoms with van der Waals surface area (Å²) in [6, 6.07) is 9.17. The van der Waals surface area contributed by atoms with Crippen LogP contribution in [0.5, 0.6) is 0 Å². The fraction of sp³-hybridized carbons (Fsp3) is 0.500. The zero-order valence-corrected chi connectivity index (χ0v) is 25.9. The average Bonchev–Trinajstić information content (AvgIpc) is 3.32. The largest absolute Gasteiger partial charge is 1.00 e. The third kappa shape index (κ3) is 5.80. The predicted octanol–water partition coefficient (Wildman–Crippen LogP) is 2.53. The third-order valence-electron chi connectivity index (χ3n) is 6.21. The maximum absolute atomic E-state index is 12.8. The van der Waals surface area contributed by atoms with Crippen molar-refractivity contribution in [1.82, 2.24) is 9.80 Å². The summed E-state index contributed by atoms with van der Waals surface area (Å²) in [5.41, 5.74) is 5.20. The van der Waals surface area contributed by atoms with E-state index >= 15 is 0 Å². The zero-order chi connectivity index (χ0) is 19.0. The van der Waals surface area contributed by atoms with Gasteiger partial charge in [0.15, 0.2) is 0 Å². The van der Waals surface area contributed by atoms with Crippen LogP contribution in [-0.2, 0) is 0 Å². The van der Waals surface area contributed by atoms with Gasteiger partial charge in [-0.25, -0.2) is 0 Å². The Morgan fingerprint density at radius 1 is 1.00 bits per heavy atom. The molecule has 1 aromatic carbocycles. The molecule has 3 heterocycles. The fourth-order valence-corrected chi connectivity index (χ4v) is 5.68. The standard InChI is InChI=1S/C23H30N2OS.CH3.Cs/c1-16-14-19(18-8-12-24(3)13-9-18)6-7-20(16)21-15-17(2)22(27-21)23(26)25-10-4-5-11-25;;/h6-7,14-15,18H,4-5,8-13H2,1-3H3;1H3;/q;-1;+1. The van der Waals surface area contributed by atoms with Gasteiger partial charge in [0.25, 0.3) is 5.91 Å². The first kappa shape index (κ1) is 25.7. The zero-order valence-electron chi connectivity index (χ0n) is 18.8. The van der Waals surface area contributed by atoms with Crippen molar-refractivity contribution in [3.05, 3.63) is 53.3 Å². The molecule has 2 aliphatic rings. The van der Waals surface area contributed by atoms with E-state index in [-0.39, 0.29) is 82.2 Å². The second-order valence-electron chi connectivity index (χ2n) is 8.27. The van der Waals surface area contributed by atoms with Gasteiger partial charge in [-0.05, 0) is 93.9 Å². The molecule has 2 aromatic rings. The molecule has 4 rings (SSSR count). The van der Waals surface area contributed by atoms with Crippen molar-refractivity contribution in [2.45, 2.75) is 45.4 Å². The quantitative estimate of drug-likeness (QED) is 0.570. The number of carbonyl (C=O) groups excluding carboxylic acids is 1. The van der Waals surface area contributed by atoms with Crippen molar-refractivity contribution >= 4 is 17.2 Å². The molecule has 0 aliphatic carbocycles. The van der Waals surface area contributed by atoms with Gasteiger partial charge < -0.3 is 17.2 Å². The van der Waals surface area contributed by atoms with Crippen LogP contribution in [0.15, 0.2) is 24.3 Å². The number of piperidine rings is 1. The Labute approximate surface area is 239 Å². The van der Waals surface area contributed by atoms with Gasteiger partial charge in [-0.1, -0.05) is 18.2 Å². The molecular weight excluding hydrogens is 497 g/mol. The topological polar surface area (TPSA) is 23.6 Å². The summed E-state index contributed by atoms with van der Waals surface area (Å²) in [4.78, 5) is 19.4. The summed E-state index contributed by atoms with van der Waals surface area (Å²) >= 11 is 1.67. The summed E-state index contributed by atoms with van der Waals surface area (Å²) in [6.07, 6.45) is 4.78. The molecule has 0 atom stereocenters. The van der Waals surface area contributed by atoms with E-state index in [4.69, 9.17) is 0 Å². The maximum Gasteiger partial charge on any atom is 1.00 e. The van der Waals surface area contributed by atoms with Gasteiger partial charge in [-0.2, -0.15) is 0 Å². The summed E-state index contributed by atoms with van der Waals surface area (Å²) in [6.45, 7) is 8.50. The van der Waals surface area contributed by atoms with Crippen LogP contribution in [0.3, 0.4) is 0 Å². The molecule has 0 radical (unpaired) electrons. The van der Waals surface area contributed by atoms with Crippen molar-refractivity contribution in [3.63, 3.8) is 0 Å². The molecule has 29 heavy (non-hydrogen) atoms. The van der Waals surface area contributed by atoms with Crippen molar-refractivity contribution in [1.29, 1.82) is 0 Å². The summed E-state index contributed by atoms with van der Waals surface area (Å²) < 4.78 is 0. The van der Waals surface area contributed by atoms with Crippen LogP contribution in [-0.4, -0.2) is 48.9 Å². The third-order valence-corrected chi connectivity index (χ3v) is 7.47. The van der Waals surface area contributed by atoms with Gasteiger partial charge in [-0.3, -0.25) is 4.79 Å². The smallest absolute Gasteiger partial charge is 0.358 e. The minimum atomic E-state index is 0. The van der Waals surface area contributed by atoms with Crippen LogP contribution in [0.2, 0.25) is 0 Å². The van der Waals surface area contributed by atoms with Crippen molar-refractivity contribution < 1.29 is 73.7 Å². The number of benzene rings is 1. The second-order valence-corrected chi connectivity index (χ2v) is 9.33. The minimum Gasteiger partial charge on any atom is -0.358 e. The van der Waals surface area contributed by atoms with E-state index in [2.05, 4.69) is 50.1 Å². The normalized spacial score (nSPS) is 17.7. The molecule has 2 saturated heterocycles. The number of nitrogens with zero attached hydrogens (tertiary/aromatic N) is 2. The van der Waals surface area contributed by atoms with E-state index in [1.165, 1.54) is 47.5 Å². The molecular formula is C24H33CsN2OS. The van der Waals surface area contributed by atoms with Crippen LogP contribution in [0.1, 0.15) is 58.0 Å². The first-order valence-electron chi connectivity index (χ1n) is 10.2. The van der Waals surface area contributed by atoms with Crippen LogP contribution in [0.25, 0.3) is 10.4 Å².